The van der Waals surface area contributed by atoms with Crippen molar-refractivity contribution >= 4 is 11.3 Å². The summed E-state index contributed by atoms with van der Waals surface area (Å²) in [5, 5.41) is 0. The lowest BCUT2D eigenvalue weighted by Crippen LogP contribution is -2.31. The molecule has 0 spiro atoms. The summed E-state index contributed by atoms with van der Waals surface area (Å²) in [4.78, 5) is 2.31. The smallest absolute Gasteiger partial charge is 0.124 e. The Labute approximate surface area is 82.8 Å². The summed E-state index contributed by atoms with van der Waals surface area (Å²) in [5.74, 6) is 0. The Morgan fingerprint density at radius 2 is 2.00 bits per heavy atom. The predicted octanol–water partition coefficient (Wildman–Crippen LogP) is 3.11. The minimum atomic E-state index is -1.35. The van der Waals surface area contributed by atoms with Crippen molar-refractivity contribution in [3.63, 3.8) is 0 Å². The molecule has 0 bridgehead atoms. The van der Waals surface area contributed by atoms with E-state index in [2.05, 4.69) is 0 Å². The molecule has 0 saturated carbocycles. The van der Waals surface area contributed by atoms with E-state index in [1.165, 1.54) is 18.7 Å². The number of hydrogen-bond donors (Lipinski definition) is 1. The molecule has 1 unspecified atom stereocenters. The Morgan fingerprint density at radius 1 is 1.46 bits per heavy atom. The Morgan fingerprint density at radius 3 is 2.31 bits per heavy atom. The lowest BCUT2D eigenvalue weighted by atomic mass is 9.95. The molecule has 0 saturated heterocycles. The SMILES string of the molecule is Cc1cc(C(N)C(C)(C)F)c(C)s1. The van der Waals surface area contributed by atoms with Crippen LogP contribution >= 0.6 is 11.3 Å². The van der Waals surface area contributed by atoms with Crippen molar-refractivity contribution in [3.05, 3.63) is 21.4 Å². The van der Waals surface area contributed by atoms with Crippen LogP contribution in [0.5, 0.6) is 0 Å². The van der Waals surface area contributed by atoms with Gasteiger partial charge in [-0.05, 0) is 39.3 Å². The van der Waals surface area contributed by atoms with Crippen LogP contribution in [0.25, 0.3) is 0 Å². The molecule has 0 aliphatic rings. The van der Waals surface area contributed by atoms with Crippen LogP contribution in [0.2, 0.25) is 0 Å². The molecule has 1 atom stereocenters. The van der Waals surface area contributed by atoms with E-state index in [-0.39, 0.29) is 0 Å². The number of nitrogens with two attached hydrogens (primary N) is 1. The second-order valence-corrected chi connectivity index (χ2v) is 5.37. The normalized spacial score (nSPS) is 14.6. The number of aryl methyl sites for hydroxylation is 2. The highest BCUT2D eigenvalue weighted by atomic mass is 32.1. The van der Waals surface area contributed by atoms with Gasteiger partial charge in [-0.1, -0.05) is 0 Å². The maximum atomic E-state index is 13.5. The molecule has 1 nitrogen and oxygen atoms in total. The van der Waals surface area contributed by atoms with E-state index >= 15 is 0 Å². The average molecular weight is 201 g/mol. The molecular formula is C10H16FNS. The highest BCUT2D eigenvalue weighted by molar-refractivity contribution is 7.12. The third kappa shape index (κ3) is 2.29. The van der Waals surface area contributed by atoms with Crippen molar-refractivity contribution in [2.45, 2.75) is 39.4 Å². The molecule has 13 heavy (non-hydrogen) atoms. The molecule has 1 aromatic rings. The lowest BCUT2D eigenvalue weighted by Gasteiger charge is -2.22. The number of thiophene rings is 1. The minimum absolute atomic E-state index is 0.516. The molecule has 0 aromatic carbocycles. The van der Waals surface area contributed by atoms with Crippen molar-refractivity contribution < 1.29 is 4.39 Å². The number of halogens is 1. The van der Waals surface area contributed by atoms with Crippen LogP contribution in [0.15, 0.2) is 6.07 Å². The summed E-state index contributed by atoms with van der Waals surface area (Å²) in [5.41, 5.74) is 5.41. The molecular weight excluding hydrogens is 185 g/mol. The summed E-state index contributed by atoms with van der Waals surface area (Å²) in [6.45, 7) is 7.03. The van der Waals surface area contributed by atoms with Crippen molar-refractivity contribution in [3.8, 4) is 0 Å². The maximum Gasteiger partial charge on any atom is 0.124 e. The van der Waals surface area contributed by atoms with Gasteiger partial charge in [-0.3, -0.25) is 0 Å². The molecule has 0 aliphatic heterocycles. The zero-order chi connectivity index (χ0) is 10.2. The van der Waals surface area contributed by atoms with Crippen LogP contribution in [0, 0.1) is 13.8 Å². The molecule has 0 aliphatic carbocycles. The molecule has 0 fully saturated rings. The van der Waals surface area contributed by atoms with E-state index in [0.29, 0.717) is 0 Å². The van der Waals surface area contributed by atoms with Gasteiger partial charge >= 0.3 is 0 Å². The first-order valence-electron chi connectivity index (χ1n) is 4.34. The molecule has 74 valence electrons. The van der Waals surface area contributed by atoms with Gasteiger partial charge in [0.25, 0.3) is 0 Å². The van der Waals surface area contributed by atoms with Crippen LogP contribution in [0.3, 0.4) is 0 Å². The highest BCUT2D eigenvalue weighted by Gasteiger charge is 2.28. The molecule has 2 N–H and O–H groups in total. The zero-order valence-corrected chi connectivity index (χ0v) is 9.33. The topological polar surface area (TPSA) is 26.0 Å². The summed E-state index contributed by atoms with van der Waals surface area (Å²) < 4.78 is 13.5. The molecule has 1 rings (SSSR count). The predicted molar refractivity (Wildman–Crippen MR) is 55.9 cm³/mol. The molecule has 3 heteroatoms. The molecule has 1 aromatic heterocycles. The Balaban J connectivity index is 3.01. The van der Waals surface area contributed by atoms with E-state index in [1.807, 2.05) is 19.9 Å². The fourth-order valence-electron chi connectivity index (χ4n) is 1.33. The number of alkyl halides is 1. The van der Waals surface area contributed by atoms with Gasteiger partial charge < -0.3 is 5.73 Å². The van der Waals surface area contributed by atoms with Crippen molar-refractivity contribution in [2.75, 3.05) is 0 Å². The van der Waals surface area contributed by atoms with Gasteiger partial charge in [0.1, 0.15) is 5.67 Å². The summed E-state index contributed by atoms with van der Waals surface area (Å²) in [6, 6.07) is 1.46. The number of rotatable bonds is 2. The standard InChI is InChI=1S/C10H16FNS/c1-6-5-8(7(2)13-6)9(12)10(3,4)11/h5,9H,12H2,1-4H3. The van der Waals surface area contributed by atoms with Gasteiger partial charge in [0.05, 0.1) is 6.04 Å². The Kier molecular flexibility index (Phi) is 2.78. The minimum Gasteiger partial charge on any atom is -0.321 e. The third-order valence-corrected chi connectivity index (χ3v) is 3.14. The van der Waals surface area contributed by atoms with Crippen molar-refractivity contribution in [1.29, 1.82) is 0 Å². The quantitative estimate of drug-likeness (QED) is 0.781. The fourth-order valence-corrected chi connectivity index (χ4v) is 2.30. The maximum absolute atomic E-state index is 13.5. The summed E-state index contributed by atoms with van der Waals surface area (Å²) >= 11 is 1.67. The van der Waals surface area contributed by atoms with E-state index in [9.17, 15) is 4.39 Å². The van der Waals surface area contributed by atoms with Crippen LogP contribution in [-0.2, 0) is 0 Å². The van der Waals surface area contributed by atoms with E-state index in [1.54, 1.807) is 11.3 Å². The second-order valence-electron chi connectivity index (χ2n) is 3.91. The first-order chi connectivity index (χ1) is 5.82. The van der Waals surface area contributed by atoms with Crippen molar-refractivity contribution in [1.82, 2.24) is 0 Å². The van der Waals surface area contributed by atoms with Crippen LogP contribution < -0.4 is 5.73 Å². The van der Waals surface area contributed by atoms with E-state index < -0.39 is 11.7 Å². The van der Waals surface area contributed by atoms with Crippen LogP contribution in [-0.4, -0.2) is 5.67 Å². The van der Waals surface area contributed by atoms with Gasteiger partial charge in [0.2, 0.25) is 0 Å². The van der Waals surface area contributed by atoms with E-state index in [4.69, 9.17) is 5.73 Å². The summed E-state index contributed by atoms with van der Waals surface area (Å²) in [7, 11) is 0. The second kappa shape index (κ2) is 3.39. The Bertz CT molecular complexity index is 298. The highest BCUT2D eigenvalue weighted by Crippen LogP contribution is 2.32. The van der Waals surface area contributed by atoms with Crippen molar-refractivity contribution in [2.24, 2.45) is 5.73 Å². The molecule has 1 heterocycles. The molecule has 0 amide bonds. The van der Waals surface area contributed by atoms with Gasteiger partial charge in [-0.25, -0.2) is 4.39 Å². The van der Waals surface area contributed by atoms with Gasteiger partial charge in [-0.2, -0.15) is 0 Å². The third-order valence-electron chi connectivity index (χ3n) is 2.15. The van der Waals surface area contributed by atoms with E-state index in [0.717, 1.165) is 10.4 Å². The lowest BCUT2D eigenvalue weighted by molar-refractivity contribution is 0.174. The number of hydrogen-bond acceptors (Lipinski definition) is 2. The largest absolute Gasteiger partial charge is 0.321 e. The zero-order valence-electron chi connectivity index (χ0n) is 8.52. The van der Waals surface area contributed by atoms with Crippen LogP contribution in [0.4, 0.5) is 4.39 Å². The Hall–Kier alpha value is -0.410. The van der Waals surface area contributed by atoms with Gasteiger partial charge in [0.15, 0.2) is 0 Å². The molecule has 0 radical (unpaired) electrons. The average Bonchev–Trinajstić information content (AvgIpc) is 2.26. The van der Waals surface area contributed by atoms with Gasteiger partial charge in [-0.15, -0.1) is 11.3 Å². The van der Waals surface area contributed by atoms with Gasteiger partial charge in [0, 0.05) is 9.75 Å². The summed E-state index contributed by atoms with van der Waals surface area (Å²) in [6.07, 6.45) is 0. The first kappa shape index (κ1) is 10.7. The monoisotopic (exact) mass is 201 g/mol. The first-order valence-corrected chi connectivity index (χ1v) is 5.15. The fraction of sp³-hybridized carbons (Fsp3) is 0.600. The van der Waals surface area contributed by atoms with Crippen LogP contribution in [0.1, 0.15) is 35.2 Å².